The number of benzene rings is 9. The lowest BCUT2D eigenvalue weighted by atomic mass is 9.82. The van der Waals surface area contributed by atoms with Crippen LogP contribution in [0, 0.1) is 0 Å². The third kappa shape index (κ3) is 9.45. The van der Waals surface area contributed by atoms with Crippen LogP contribution in [0.3, 0.4) is 0 Å². The first-order valence-corrected chi connectivity index (χ1v) is 30.4. The highest BCUT2D eigenvalue weighted by Gasteiger charge is 2.47. The fourth-order valence-corrected chi connectivity index (χ4v) is 15.3. The number of imidazole rings is 2. The SMILES string of the molecule is Cn1c(-c2ccc(-c3ccccc3-c3cc(-c4ccccc4-c4ccc(-c5nc6c(n5C)C(C)(C)CC6(C)C)cc4)cc(-c4ccccc4-c4cnc(-c5ccccc5)cc4-c4ccc(-c5ccccc5)cc4)c3)cc2)nc2c1C(C)(C)CC2(C)C. The zero-order valence-electron chi connectivity index (χ0n) is 51.2. The van der Waals surface area contributed by atoms with Crippen molar-refractivity contribution in [3.63, 3.8) is 0 Å². The number of hydrogen-bond acceptors (Lipinski definition) is 3. The lowest BCUT2D eigenvalue weighted by Crippen LogP contribution is -2.21. The van der Waals surface area contributed by atoms with Crippen molar-refractivity contribution in [3.05, 3.63) is 259 Å². The molecule has 9 aromatic carbocycles. The van der Waals surface area contributed by atoms with Gasteiger partial charge in [-0.05, 0) is 121 Å². The van der Waals surface area contributed by atoms with Crippen LogP contribution in [0.1, 0.15) is 91.0 Å². The number of nitrogens with zero attached hydrogens (tertiary/aromatic N) is 5. The Morgan fingerprint density at radius 2 is 0.593 bits per heavy atom. The number of hydrogen-bond donors (Lipinski definition) is 0. The van der Waals surface area contributed by atoms with Gasteiger partial charge in [0.1, 0.15) is 11.6 Å². The maximum atomic E-state index is 5.36. The van der Waals surface area contributed by atoms with Crippen molar-refractivity contribution in [3.8, 4) is 123 Å². The molecule has 14 rings (SSSR count). The Morgan fingerprint density at radius 3 is 1.00 bits per heavy atom. The van der Waals surface area contributed by atoms with E-state index < -0.39 is 0 Å². The van der Waals surface area contributed by atoms with Crippen LogP contribution in [-0.2, 0) is 35.8 Å². The first kappa shape index (κ1) is 54.5. The quantitative estimate of drug-likeness (QED) is 0.130. The molecule has 0 N–H and O–H groups in total. The summed E-state index contributed by atoms with van der Waals surface area (Å²) in [6.45, 7) is 18.8. The van der Waals surface area contributed by atoms with Gasteiger partial charge in [0.25, 0.3) is 0 Å². The van der Waals surface area contributed by atoms with E-state index in [0.29, 0.717) is 0 Å². The van der Waals surface area contributed by atoms with Gasteiger partial charge in [0, 0.05) is 75.6 Å². The summed E-state index contributed by atoms with van der Waals surface area (Å²) in [6, 6.07) is 84.5. The van der Waals surface area contributed by atoms with Crippen LogP contribution in [0.15, 0.2) is 237 Å². The molecule has 0 spiro atoms. The largest absolute Gasteiger partial charge is 0.330 e. The highest BCUT2D eigenvalue weighted by atomic mass is 15.1. The Kier molecular flexibility index (Phi) is 13.1. The van der Waals surface area contributed by atoms with Crippen molar-refractivity contribution in [2.75, 3.05) is 0 Å². The minimum absolute atomic E-state index is 0.0175. The van der Waals surface area contributed by atoms with Crippen LogP contribution in [0.2, 0.25) is 0 Å². The lowest BCUT2D eigenvalue weighted by Gasteiger charge is -2.24. The van der Waals surface area contributed by atoms with E-state index in [1.54, 1.807) is 0 Å². The molecule has 0 fully saturated rings. The molecule has 5 heteroatoms. The molecule has 0 bridgehead atoms. The van der Waals surface area contributed by atoms with Gasteiger partial charge in [0.15, 0.2) is 0 Å². The summed E-state index contributed by atoms with van der Waals surface area (Å²) in [7, 11) is 4.38. The first-order chi connectivity index (χ1) is 41.4. The predicted molar refractivity (Wildman–Crippen MR) is 359 cm³/mol. The zero-order valence-corrected chi connectivity index (χ0v) is 51.2. The molecule has 0 saturated carbocycles. The summed E-state index contributed by atoms with van der Waals surface area (Å²) in [5, 5.41) is 0. The molecule has 86 heavy (non-hydrogen) atoms. The number of rotatable bonds is 11. The van der Waals surface area contributed by atoms with Crippen molar-refractivity contribution >= 4 is 0 Å². The summed E-state index contributed by atoms with van der Waals surface area (Å²) in [5.74, 6) is 2.04. The molecule has 422 valence electrons. The van der Waals surface area contributed by atoms with E-state index in [9.17, 15) is 0 Å². The van der Waals surface area contributed by atoms with Gasteiger partial charge in [0.2, 0.25) is 0 Å². The molecule has 0 aliphatic heterocycles. The minimum atomic E-state index is 0.0175. The van der Waals surface area contributed by atoms with E-state index in [1.807, 2.05) is 0 Å². The summed E-state index contributed by atoms with van der Waals surface area (Å²) < 4.78 is 4.68. The van der Waals surface area contributed by atoms with Gasteiger partial charge < -0.3 is 9.13 Å². The molecule has 0 atom stereocenters. The standard InChI is InChI=1S/C81H73N5/c1-78(2)50-80(5,6)74-72(78)83-76(85(74)9)58-41-37-54(38-42-58)63-27-17-19-29-65(63)60-45-61(66-30-20-18-28-64(66)55-39-43-59(44-40-55)77-84-73-75(86(77)10)81(7,8)51-79(73,3)4)47-62(46-60)67-31-21-22-32-68(67)70-49-82-71(57-25-15-12-16-26-57)48-69(70)56-35-33-53(34-36-56)52-23-13-11-14-24-52/h11-49H,50-51H2,1-10H3. The van der Waals surface area contributed by atoms with Gasteiger partial charge in [-0.15, -0.1) is 0 Å². The maximum Gasteiger partial charge on any atom is 0.140 e. The second kappa shape index (κ2) is 20.7. The van der Waals surface area contributed by atoms with Crippen LogP contribution in [0.5, 0.6) is 0 Å². The fraction of sp³-hybridized carbons (Fsp3) is 0.198. The Labute approximate surface area is 507 Å². The van der Waals surface area contributed by atoms with E-state index in [0.717, 1.165) is 125 Å². The zero-order chi connectivity index (χ0) is 59.3. The van der Waals surface area contributed by atoms with Crippen molar-refractivity contribution < 1.29 is 0 Å². The van der Waals surface area contributed by atoms with Gasteiger partial charge in [0.05, 0.1) is 17.1 Å². The van der Waals surface area contributed by atoms with Crippen molar-refractivity contribution in [2.45, 2.75) is 89.9 Å². The van der Waals surface area contributed by atoms with E-state index in [2.05, 4.69) is 315 Å². The van der Waals surface area contributed by atoms with Crippen LogP contribution in [-0.4, -0.2) is 24.1 Å². The summed E-state index contributed by atoms with van der Waals surface area (Å²) in [5.41, 5.74) is 27.7. The molecule has 3 heterocycles. The maximum absolute atomic E-state index is 5.36. The topological polar surface area (TPSA) is 48.5 Å². The predicted octanol–water partition coefficient (Wildman–Crippen LogP) is 20.8. The van der Waals surface area contributed by atoms with Crippen molar-refractivity contribution in [1.29, 1.82) is 0 Å². The van der Waals surface area contributed by atoms with E-state index in [1.165, 1.54) is 33.9 Å². The molecule has 12 aromatic rings. The Balaban J connectivity index is 0.917. The van der Waals surface area contributed by atoms with Crippen LogP contribution < -0.4 is 0 Å². The lowest BCUT2D eigenvalue weighted by molar-refractivity contribution is 0.387. The first-order valence-electron chi connectivity index (χ1n) is 30.4. The average molecular weight is 1120 g/mol. The third-order valence-electron chi connectivity index (χ3n) is 18.6. The van der Waals surface area contributed by atoms with Crippen molar-refractivity contribution in [1.82, 2.24) is 24.1 Å². The van der Waals surface area contributed by atoms with Gasteiger partial charge in [-0.3, -0.25) is 4.98 Å². The molecule has 0 unspecified atom stereocenters. The molecule has 2 aliphatic carbocycles. The Morgan fingerprint density at radius 1 is 0.279 bits per heavy atom. The second-order valence-electron chi connectivity index (χ2n) is 26.8. The molecule has 3 aromatic heterocycles. The Bertz CT molecular complexity index is 4370. The minimum Gasteiger partial charge on any atom is -0.330 e. The molecule has 0 saturated heterocycles. The van der Waals surface area contributed by atoms with Gasteiger partial charge in [-0.1, -0.05) is 262 Å². The van der Waals surface area contributed by atoms with E-state index in [4.69, 9.17) is 15.0 Å². The summed E-state index contributed by atoms with van der Waals surface area (Å²) in [4.78, 5) is 16.0. The Hall–Kier alpha value is -9.45. The number of aromatic nitrogens is 5. The molecule has 5 nitrogen and oxygen atoms in total. The highest BCUT2D eigenvalue weighted by molar-refractivity contribution is 5.97. The highest BCUT2D eigenvalue weighted by Crippen LogP contribution is 2.52. The van der Waals surface area contributed by atoms with Gasteiger partial charge in [-0.2, -0.15) is 0 Å². The normalized spacial score (nSPS) is 15.1. The number of pyridine rings is 1. The van der Waals surface area contributed by atoms with Crippen LogP contribution >= 0.6 is 0 Å². The van der Waals surface area contributed by atoms with Crippen LogP contribution in [0.25, 0.3) is 123 Å². The van der Waals surface area contributed by atoms with Crippen molar-refractivity contribution in [2.24, 2.45) is 14.1 Å². The third-order valence-corrected chi connectivity index (χ3v) is 18.6. The molecular weight excluding hydrogens is 1040 g/mol. The van der Waals surface area contributed by atoms with E-state index in [-0.39, 0.29) is 21.7 Å². The smallest absolute Gasteiger partial charge is 0.140 e. The summed E-state index contributed by atoms with van der Waals surface area (Å²) >= 11 is 0. The second-order valence-corrected chi connectivity index (χ2v) is 26.8. The molecule has 0 radical (unpaired) electrons. The van der Waals surface area contributed by atoms with Gasteiger partial charge in [-0.25, -0.2) is 9.97 Å². The van der Waals surface area contributed by atoms with Crippen LogP contribution in [0.4, 0.5) is 0 Å². The molecule has 2 aliphatic rings. The average Bonchev–Trinajstić information content (AvgIpc) is 1.59. The molecular formula is C81H73N5. The molecule has 0 amide bonds. The van der Waals surface area contributed by atoms with Gasteiger partial charge >= 0.3 is 0 Å². The number of fused-ring (bicyclic) bond motifs is 2. The summed E-state index contributed by atoms with van der Waals surface area (Å²) in [6.07, 6.45) is 4.26. The monoisotopic (exact) mass is 1120 g/mol. The fourth-order valence-electron chi connectivity index (χ4n) is 15.3. The van der Waals surface area contributed by atoms with E-state index >= 15 is 0 Å².